The first-order valence-corrected chi connectivity index (χ1v) is 6.45. The number of rotatable bonds is 2. The van der Waals surface area contributed by atoms with Crippen molar-refractivity contribution in [3.63, 3.8) is 0 Å². The number of benzene rings is 1. The van der Waals surface area contributed by atoms with Crippen molar-refractivity contribution in [3.8, 4) is 0 Å². The number of anilines is 1. The Morgan fingerprint density at radius 3 is 2.95 bits per heavy atom. The number of nitrogens with two attached hydrogens (primary N) is 1. The zero-order valence-electron chi connectivity index (χ0n) is 10.6. The van der Waals surface area contributed by atoms with E-state index < -0.39 is 0 Å². The van der Waals surface area contributed by atoms with Gasteiger partial charge in [-0.05, 0) is 18.6 Å². The van der Waals surface area contributed by atoms with Crippen LogP contribution in [0.5, 0.6) is 0 Å². The van der Waals surface area contributed by atoms with Crippen LogP contribution in [0.3, 0.4) is 0 Å². The molecule has 2 amide bonds. The molecule has 1 aliphatic rings. The number of likely N-dealkylation sites (tertiary alicyclic amines) is 1. The van der Waals surface area contributed by atoms with Crippen LogP contribution in [-0.4, -0.2) is 36.3 Å². The normalized spacial score (nSPS) is 19.4. The van der Waals surface area contributed by atoms with Gasteiger partial charge in [-0.1, -0.05) is 17.7 Å². The van der Waals surface area contributed by atoms with Crippen LogP contribution in [0, 0.1) is 0 Å². The van der Waals surface area contributed by atoms with Gasteiger partial charge in [0.15, 0.2) is 0 Å². The van der Waals surface area contributed by atoms with Crippen LogP contribution in [0.25, 0.3) is 0 Å². The minimum absolute atomic E-state index is 0.0476. The summed E-state index contributed by atoms with van der Waals surface area (Å²) in [6, 6.07) is 4.91. The van der Waals surface area contributed by atoms with E-state index in [2.05, 4.69) is 5.32 Å². The minimum Gasteiger partial charge on any atom is -0.397 e. The lowest BCUT2D eigenvalue weighted by atomic mass is 10.0. The fourth-order valence-electron chi connectivity index (χ4n) is 2.13. The van der Waals surface area contributed by atoms with Crippen molar-refractivity contribution in [2.24, 2.45) is 0 Å². The number of halogens is 1. The van der Waals surface area contributed by atoms with Crippen LogP contribution in [-0.2, 0) is 4.79 Å². The van der Waals surface area contributed by atoms with Crippen LogP contribution in [0.2, 0.25) is 5.02 Å². The Bertz CT molecular complexity index is 519. The number of piperidine rings is 1. The maximum Gasteiger partial charge on any atom is 0.253 e. The van der Waals surface area contributed by atoms with E-state index in [0.29, 0.717) is 30.0 Å². The predicted molar refractivity (Wildman–Crippen MR) is 74.0 cm³/mol. The molecule has 1 atom stereocenters. The second-order valence-electron chi connectivity index (χ2n) is 4.68. The molecule has 6 heteroatoms. The molecule has 1 unspecified atom stereocenters. The highest BCUT2D eigenvalue weighted by atomic mass is 35.5. The number of carbonyl (C=O) groups is 2. The van der Waals surface area contributed by atoms with E-state index in [1.165, 1.54) is 0 Å². The first kappa shape index (κ1) is 13.7. The van der Waals surface area contributed by atoms with Gasteiger partial charge in [-0.2, -0.15) is 0 Å². The molecular formula is C13H16ClN3O2. The molecule has 1 fully saturated rings. The van der Waals surface area contributed by atoms with E-state index in [1.54, 1.807) is 30.1 Å². The highest BCUT2D eigenvalue weighted by molar-refractivity contribution is 6.33. The average Bonchev–Trinajstić information content (AvgIpc) is 2.37. The van der Waals surface area contributed by atoms with E-state index in [1.807, 2.05) is 0 Å². The summed E-state index contributed by atoms with van der Waals surface area (Å²) < 4.78 is 0. The molecule has 5 nitrogen and oxygen atoms in total. The highest BCUT2D eigenvalue weighted by Gasteiger charge is 2.25. The number of nitrogens with one attached hydrogen (secondary N) is 1. The van der Waals surface area contributed by atoms with Crippen molar-refractivity contribution in [2.45, 2.75) is 18.9 Å². The second-order valence-corrected chi connectivity index (χ2v) is 5.09. The number of amides is 2. The third-order valence-corrected chi connectivity index (χ3v) is 3.59. The molecule has 3 N–H and O–H groups in total. The quantitative estimate of drug-likeness (QED) is 0.802. The van der Waals surface area contributed by atoms with E-state index in [9.17, 15) is 9.59 Å². The summed E-state index contributed by atoms with van der Waals surface area (Å²) in [4.78, 5) is 25.1. The summed E-state index contributed by atoms with van der Waals surface area (Å²) >= 11 is 5.89. The van der Waals surface area contributed by atoms with Crippen molar-refractivity contribution in [3.05, 3.63) is 28.8 Å². The topological polar surface area (TPSA) is 75.4 Å². The average molecular weight is 282 g/mol. The van der Waals surface area contributed by atoms with Gasteiger partial charge < -0.3 is 16.0 Å². The third kappa shape index (κ3) is 2.98. The maximum absolute atomic E-state index is 12.1. The number of nitrogens with zero attached hydrogens (tertiary/aromatic N) is 1. The predicted octanol–water partition coefficient (Wildman–Crippen LogP) is 1.27. The van der Waals surface area contributed by atoms with Gasteiger partial charge in [0.1, 0.15) is 0 Å². The van der Waals surface area contributed by atoms with Gasteiger partial charge >= 0.3 is 0 Å². The molecule has 19 heavy (non-hydrogen) atoms. The molecule has 0 aliphatic carbocycles. The number of likely N-dealkylation sites (N-methyl/N-ethyl adjacent to an activating group) is 1. The maximum atomic E-state index is 12.1. The fraction of sp³-hybridized carbons (Fsp3) is 0.385. The highest BCUT2D eigenvalue weighted by Crippen LogP contribution is 2.22. The first-order chi connectivity index (χ1) is 8.99. The van der Waals surface area contributed by atoms with Gasteiger partial charge in [0.05, 0.1) is 16.3 Å². The molecule has 1 aliphatic heterocycles. The summed E-state index contributed by atoms with van der Waals surface area (Å²) in [5.74, 6) is -0.152. The molecule has 1 aromatic carbocycles. The van der Waals surface area contributed by atoms with Gasteiger partial charge in [0.2, 0.25) is 5.91 Å². The number of nitrogen functional groups attached to an aromatic ring is 1. The summed E-state index contributed by atoms with van der Waals surface area (Å²) in [5, 5.41) is 3.25. The van der Waals surface area contributed by atoms with E-state index >= 15 is 0 Å². The fourth-order valence-corrected chi connectivity index (χ4v) is 2.30. The van der Waals surface area contributed by atoms with Gasteiger partial charge in [0.25, 0.3) is 5.91 Å². The molecule has 0 saturated carbocycles. The smallest absolute Gasteiger partial charge is 0.253 e. The van der Waals surface area contributed by atoms with Crippen LogP contribution >= 0.6 is 11.6 Å². The molecule has 0 radical (unpaired) electrons. The Hall–Kier alpha value is -1.75. The number of carbonyl (C=O) groups excluding carboxylic acids is 2. The summed E-state index contributed by atoms with van der Waals surface area (Å²) in [6.45, 7) is 0.519. The Morgan fingerprint density at radius 1 is 1.53 bits per heavy atom. The Kier molecular flexibility index (Phi) is 3.95. The molecule has 102 valence electrons. The largest absolute Gasteiger partial charge is 0.397 e. The molecular weight excluding hydrogens is 266 g/mol. The van der Waals surface area contributed by atoms with E-state index in [0.717, 1.165) is 0 Å². The number of para-hydroxylation sites is 1. The monoisotopic (exact) mass is 281 g/mol. The lowest BCUT2D eigenvalue weighted by molar-refractivity contribution is -0.132. The Labute approximate surface area is 116 Å². The van der Waals surface area contributed by atoms with Gasteiger partial charge in [0, 0.05) is 26.1 Å². The Morgan fingerprint density at radius 2 is 2.26 bits per heavy atom. The molecule has 1 heterocycles. The molecule has 0 aromatic heterocycles. The van der Waals surface area contributed by atoms with Gasteiger partial charge in [-0.15, -0.1) is 0 Å². The van der Waals surface area contributed by atoms with Crippen LogP contribution < -0.4 is 11.1 Å². The second kappa shape index (κ2) is 5.48. The summed E-state index contributed by atoms with van der Waals surface area (Å²) in [5.41, 5.74) is 6.43. The van der Waals surface area contributed by atoms with Gasteiger partial charge in [-0.3, -0.25) is 9.59 Å². The number of hydrogen-bond acceptors (Lipinski definition) is 3. The van der Waals surface area contributed by atoms with Crippen molar-refractivity contribution < 1.29 is 9.59 Å². The molecule has 0 bridgehead atoms. The van der Waals surface area contributed by atoms with Crippen LogP contribution in [0.15, 0.2) is 18.2 Å². The molecule has 1 saturated heterocycles. The number of hydrogen-bond donors (Lipinski definition) is 2. The lowest BCUT2D eigenvalue weighted by Gasteiger charge is -2.30. The summed E-state index contributed by atoms with van der Waals surface area (Å²) in [7, 11) is 1.73. The van der Waals surface area contributed by atoms with Crippen LogP contribution in [0.1, 0.15) is 23.2 Å². The van der Waals surface area contributed by atoms with Crippen LogP contribution in [0.4, 0.5) is 5.69 Å². The first-order valence-electron chi connectivity index (χ1n) is 6.08. The SMILES string of the molecule is CN1CC(NC(=O)c2cccc(Cl)c2N)CCC1=O. The molecule has 2 rings (SSSR count). The summed E-state index contributed by atoms with van der Waals surface area (Å²) in [6.07, 6.45) is 1.10. The lowest BCUT2D eigenvalue weighted by Crippen LogP contribution is -2.48. The molecule has 1 aromatic rings. The van der Waals surface area contributed by atoms with Crippen molar-refractivity contribution in [1.29, 1.82) is 0 Å². The van der Waals surface area contributed by atoms with Crippen molar-refractivity contribution in [1.82, 2.24) is 10.2 Å². The van der Waals surface area contributed by atoms with Gasteiger partial charge in [-0.25, -0.2) is 0 Å². The third-order valence-electron chi connectivity index (χ3n) is 3.26. The van der Waals surface area contributed by atoms with Crippen molar-refractivity contribution >= 4 is 29.1 Å². The zero-order chi connectivity index (χ0) is 14.0. The zero-order valence-corrected chi connectivity index (χ0v) is 11.4. The Balaban J connectivity index is 2.05. The molecule has 0 spiro atoms. The standard InChI is InChI=1S/C13H16ClN3O2/c1-17-7-8(5-6-11(17)18)16-13(19)9-3-2-4-10(14)12(9)15/h2-4,8H,5-7,15H2,1H3,(H,16,19). The minimum atomic E-state index is -0.257. The van der Waals surface area contributed by atoms with E-state index in [-0.39, 0.29) is 23.5 Å². The van der Waals surface area contributed by atoms with E-state index in [4.69, 9.17) is 17.3 Å². The van der Waals surface area contributed by atoms with Crippen molar-refractivity contribution in [2.75, 3.05) is 19.3 Å².